The molecule has 90 valence electrons. The summed E-state index contributed by atoms with van der Waals surface area (Å²) in [6.45, 7) is 4.03. The van der Waals surface area contributed by atoms with Crippen molar-refractivity contribution in [2.75, 3.05) is 13.1 Å². The van der Waals surface area contributed by atoms with Crippen LogP contribution in [0.3, 0.4) is 0 Å². The van der Waals surface area contributed by atoms with Gasteiger partial charge in [0.15, 0.2) is 5.72 Å². The second kappa shape index (κ2) is 5.23. The van der Waals surface area contributed by atoms with Gasteiger partial charge in [-0.2, -0.15) is 0 Å². The number of aromatic nitrogens is 1. The van der Waals surface area contributed by atoms with E-state index in [9.17, 15) is 5.11 Å². The summed E-state index contributed by atoms with van der Waals surface area (Å²) in [6, 6.07) is 0.384. The molecular formula is C11H19N3OS. The molecule has 1 atom stereocenters. The second-order valence-electron chi connectivity index (χ2n) is 4.22. The molecule has 3 N–H and O–H groups in total. The zero-order valence-electron chi connectivity index (χ0n) is 9.57. The molecule has 1 fully saturated rings. The molecule has 0 aromatic carbocycles. The number of hydrogen-bond donors (Lipinski definition) is 3. The average Bonchev–Trinajstić information content (AvgIpc) is 2.84. The van der Waals surface area contributed by atoms with Gasteiger partial charge in [-0.1, -0.05) is 6.92 Å². The smallest absolute Gasteiger partial charge is 0.168 e. The molecule has 0 saturated carbocycles. The van der Waals surface area contributed by atoms with Gasteiger partial charge >= 0.3 is 0 Å². The van der Waals surface area contributed by atoms with Crippen LogP contribution in [0.25, 0.3) is 0 Å². The van der Waals surface area contributed by atoms with Crippen LogP contribution in [-0.4, -0.2) is 29.2 Å². The van der Waals surface area contributed by atoms with Gasteiger partial charge in [0.05, 0.1) is 0 Å². The number of thiazole rings is 1. The number of piperidine rings is 1. The Morgan fingerprint density at radius 1 is 1.62 bits per heavy atom. The summed E-state index contributed by atoms with van der Waals surface area (Å²) in [4.78, 5) is 4.22. The zero-order chi connectivity index (χ0) is 11.4. The maximum absolute atomic E-state index is 10.5. The van der Waals surface area contributed by atoms with E-state index >= 15 is 0 Å². The summed E-state index contributed by atoms with van der Waals surface area (Å²) < 4.78 is 0. The Kier molecular flexibility index (Phi) is 3.91. The van der Waals surface area contributed by atoms with Crippen LogP contribution in [0.2, 0.25) is 0 Å². The van der Waals surface area contributed by atoms with Gasteiger partial charge in [-0.15, -0.1) is 11.3 Å². The quantitative estimate of drug-likeness (QED) is 0.689. The third kappa shape index (κ3) is 2.60. The van der Waals surface area contributed by atoms with E-state index in [2.05, 4.69) is 15.6 Å². The Hall–Kier alpha value is -0.490. The Balaban J connectivity index is 2.03. The lowest BCUT2D eigenvalue weighted by atomic mass is 10.0. The number of nitrogens with one attached hydrogen (secondary N) is 2. The van der Waals surface area contributed by atoms with Crippen LogP contribution >= 0.6 is 11.3 Å². The molecule has 0 spiro atoms. The normalized spacial score (nSPS) is 21.9. The largest absolute Gasteiger partial charge is 0.369 e. The Labute approximate surface area is 100 Å². The molecule has 1 aliphatic heterocycles. The van der Waals surface area contributed by atoms with Crippen molar-refractivity contribution in [1.29, 1.82) is 0 Å². The Morgan fingerprint density at radius 3 is 2.94 bits per heavy atom. The van der Waals surface area contributed by atoms with Gasteiger partial charge in [-0.3, -0.25) is 5.32 Å². The molecule has 1 aromatic rings. The molecule has 1 aliphatic rings. The lowest BCUT2D eigenvalue weighted by molar-refractivity contribution is -0.0186. The molecule has 0 bridgehead atoms. The van der Waals surface area contributed by atoms with Gasteiger partial charge in [-0.05, 0) is 32.4 Å². The van der Waals surface area contributed by atoms with E-state index in [0.29, 0.717) is 12.5 Å². The van der Waals surface area contributed by atoms with Gasteiger partial charge in [0, 0.05) is 17.6 Å². The lowest BCUT2D eigenvalue weighted by Crippen LogP contribution is -2.51. The Bertz CT molecular complexity index is 311. The minimum Gasteiger partial charge on any atom is -0.369 e. The van der Waals surface area contributed by atoms with E-state index in [4.69, 9.17) is 0 Å². The second-order valence-corrected chi connectivity index (χ2v) is 5.11. The maximum Gasteiger partial charge on any atom is 0.168 e. The summed E-state index contributed by atoms with van der Waals surface area (Å²) in [5.74, 6) is 0. The molecule has 5 heteroatoms. The predicted octanol–water partition coefficient (Wildman–Crippen LogP) is 1.04. The summed E-state index contributed by atoms with van der Waals surface area (Å²) in [5, 5.41) is 19.9. The first kappa shape index (κ1) is 12.0. The highest BCUT2D eigenvalue weighted by Crippen LogP contribution is 2.25. The summed E-state index contributed by atoms with van der Waals surface area (Å²) in [6.07, 6.45) is 4.51. The first-order chi connectivity index (χ1) is 7.74. The van der Waals surface area contributed by atoms with Crippen molar-refractivity contribution in [1.82, 2.24) is 15.6 Å². The molecule has 0 aliphatic carbocycles. The summed E-state index contributed by atoms with van der Waals surface area (Å²) in [5.41, 5.74) is -0.948. The van der Waals surface area contributed by atoms with Gasteiger partial charge < -0.3 is 10.4 Å². The molecule has 16 heavy (non-hydrogen) atoms. The van der Waals surface area contributed by atoms with Crippen LogP contribution < -0.4 is 10.6 Å². The standard InChI is InChI=1S/C11H19N3OS/c1-2-11(15,10-13-7-8-16-10)14-9-3-5-12-6-4-9/h7-9,12,14-15H,2-6H2,1H3. The van der Waals surface area contributed by atoms with E-state index < -0.39 is 5.72 Å². The fourth-order valence-corrected chi connectivity index (χ4v) is 2.82. The molecule has 1 unspecified atom stereocenters. The highest BCUT2D eigenvalue weighted by Gasteiger charge is 2.32. The van der Waals surface area contributed by atoms with Gasteiger partial charge in [0.2, 0.25) is 0 Å². The fourth-order valence-electron chi connectivity index (χ4n) is 2.05. The van der Waals surface area contributed by atoms with Crippen molar-refractivity contribution in [2.45, 2.75) is 38.0 Å². The molecular weight excluding hydrogens is 222 g/mol. The first-order valence-corrected chi connectivity index (χ1v) is 6.73. The number of hydrogen-bond acceptors (Lipinski definition) is 5. The minimum atomic E-state index is -0.948. The van der Waals surface area contributed by atoms with Crippen molar-refractivity contribution in [3.8, 4) is 0 Å². The Morgan fingerprint density at radius 2 is 2.38 bits per heavy atom. The predicted molar refractivity (Wildman–Crippen MR) is 65.3 cm³/mol. The topological polar surface area (TPSA) is 57.2 Å². The van der Waals surface area contributed by atoms with E-state index in [1.165, 1.54) is 11.3 Å². The van der Waals surface area contributed by atoms with Crippen LogP contribution in [0, 0.1) is 0 Å². The maximum atomic E-state index is 10.5. The fraction of sp³-hybridized carbons (Fsp3) is 0.727. The van der Waals surface area contributed by atoms with Crippen LogP contribution in [0.1, 0.15) is 31.2 Å². The molecule has 2 rings (SSSR count). The van der Waals surface area contributed by atoms with Gasteiger partial charge in [-0.25, -0.2) is 4.98 Å². The number of rotatable bonds is 4. The molecule has 0 radical (unpaired) electrons. The van der Waals surface area contributed by atoms with Crippen LogP contribution in [0.4, 0.5) is 0 Å². The minimum absolute atomic E-state index is 0.384. The van der Waals surface area contributed by atoms with Crippen LogP contribution in [0.15, 0.2) is 11.6 Å². The molecule has 1 aromatic heterocycles. The molecule has 4 nitrogen and oxygen atoms in total. The summed E-state index contributed by atoms with van der Waals surface area (Å²) in [7, 11) is 0. The highest BCUT2D eigenvalue weighted by atomic mass is 32.1. The third-order valence-corrected chi connectivity index (χ3v) is 4.00. The average molecular weight is 241 g/mol. The van der Waals surface area contributed by atoms with Crippen molar-refractivity contribution in [3.05, 3.63) is 16.6 Å². The van der Waals surface area contributed by atoms with Crippen LogP contribution in [0.5, 0.6) is 0 Å². The third-order valence-electron chi connectivity index (χ3n) is 3.08. The summed E-state index contributed by atoms with van der Waals surface area (Å²) >= 11 is 1.50. The number of aliphatic hydroxyl groups is 1. The SMILES string of the molecule is CCC(O)(NC1CCNCC1)c1nccs1. The van der Waals surface area contributed by atoms with E-state index in [1.807, 2.05) is 12.3 Å². The number of nitrogens with zero attached hydrogens (tertiary/aromatic N) is 1. The monoisotopic (exact) mass is 241 g/mol. The van der Waals surface area contributed by atoms with Crippen LogP contribution in [-0.2, 0) is 5.72 Å². The van der Waals surface area contributed by atoms with E-state index in [1.54, 1.807) is 6.20 Å². The lowest BCUT2D eigenvalue weighted by Gasteiger charge is -2.33. The molecule has 1 saturated heterocycles. The molecule has 0 amide bonds. The van der Waals surface area contributed by atoms with Crippen molar-refractivity contribution in [2.24, 2.45) is 0 Å². The van der Waals surface area contributed by atoms with E-state index in [-0.39, 0.29) is 0 Å². The zero-order valence-corrected chi connectivity index (χ0v) is 10.4. The van der Waals surface area contributed by atoms with Crippen molar-refractivity contribution < 1.29 is 5.11 Å². The van der Waals surface area contributed by atoms with E-state index in [0.717, 1.165) is 30.9 Å². The van der Waals surface area contributed by atoms with Gasteiger partial charge in [0.1, 0.15) is 5.01 Å². The highest BCUT2D eigenvalue weighted by molar-refractivity contribution is 7.09. The van der Waals surface area contributed by atoms with Crippen molar-refractivity contribution in [3.63, 3.8) is 0 Å². The van der Waals surface area contributed by atoms with Gasteiger partial charge in [0.25, 0.3) is 0 Å². The first-order valence-electron chi connectivity index (χ1n) is 5.85. The molecule has 2 heterocycles. The van der Waals surface area contributed by atoms with Crippen molar-refractivity contribution >= 4 is 11.3 Å².